The lowest BCUT2D eigenvalue weighted by atomic mass is 10.1. The average Bonchev–Trinajstić information content (AvgIpc) is 3.28. The number of aromatic nitrogens is 3. The minimum absolute atomic E-state index is 0.0159. The topological polar surface area (TPSA) is 60.9 Å². The first-order valence-corrected chi connectivity index (χ1v) is 9.11. The van der Waals surface area contributed by atoms with Crippen molar-refractivity contribution in [2.24, 2.45) is 0 Å². The molecule has 0 aliphatic heterocycles. The molecule has 5 nitrogen and oxygen atoms in total. The van der Waals surface area contributed by atoms with Crippen molar-refractivity contribution in [2.45, 2.75) is 26.3 Å². The molecule has 0 fully saturated rings. The van der Waals surface area contributed by atoms with E-state index in [1.54, 1.807) is 24.3 Å². The highest BCUT2D eigenvalue weighted by Gasteiger charge is 2.19. The van der Waals surface area contributed by atoms with Crippen molar-refractivity contribution < 1.29 is 9.21 Å². The van der Waals surface area contributed by atoms with Crippen LogP contribution in [0.15, 0.2) is 59.0 Å². The van der Waals surface area contributed by atoms with Gasteiger partial charge in [0.15, 0.2) is 5.78 Å². The predicted octanol–water partition coefficient (Wildman–Crippen LogP) is 5.35. The van der Waals surface area contributed by atoms with Crippen molar-refractivity contribution in [1.82, 2.24) is 14.8 Å². The van der Waals surface area contributed by atoms with Crippen LogP contribution in [-0.4, -0.2) is 20.5 Å². The number of halogens is 1. The molecule has 6 heteroatoms. The number of benzene rings is 2. The SMILES string of the molecule is CC(C)c1nnc(-c2cc3ccccc3n2CC(=O)c2ccc(Cl)cc2)o1. The molecular formula is C21H18ClN3O2. The quantitative estimate of drug-likeness (QED) is 0.438. The molecule has 0 N–H and O–H groups in total. The van der Waals surface area contributed by atoms with Gasteiger partial charge >= 0.3 is 0 Å². The van der Waals surface area contributed by atoms with Gasteiger partial charge in [-0.15, -0.1) is 10.2 Å². The highest BCUT2D eigenvalue weighted by molar-refractivity contribution is 6.30. The molecule has 4 aromatic rings. The van der Waals surface area contributed by atoms with Crippen LogP contribution in [-0.2, 0) is 6.54 Å². The van der Waals surface area contributed by atoms with Gasteiger partial charge in [0.25, 0.3) is 5.89 Å². The molecule has 27 heavy (non-hydrogen) atoms. The monoisotopic (exact) mass is 379 g/mol. The van der Waals surface area contributed by atoms with Gasteiger partial charge in [-0.2, -0.15) is 0 Å². The molecule has 0 bridgehead atoms. The van der Waals surface area contributed by atoms with Gasteiger partial charge in [-0.25, -0.2) is 0 Å². The van der Waals surface area contributed by atoms with Gasteiger partial charge in [0.1, 0.15) is 5.69 Å². The van der Waals surface area contributed by atoms with E-state index in [2.05, 4.69) is 10.2 Å². The number of hydrogen-bond acceptors (Lipinski definition) is 4. The van der Waals surface area contributed by atoms with Gasteiger partial charge in [0.2, 0.25) is 5.89 Å². The van der Waals surface area contributed by atoms with Gasteiger partial charge in [0.05, 0.1) is 6.54 Å². The Labute approximate surface area is 161 Å². The first kappa shape index (κ1) is 17.5. The zero-order valence-corrected chi connectivity index (χ0v) is 15.8. The number of rotatable bonds is 5. The van der Waals surface area contributed by atoms with Crippen LogP contribution in [0.3, 0.4) is 0 Å². The fourth-order valence-electron chi connectivity index (χ4n) is 3.00. The van der Waals surface area contributed by atoms with Gasteiger partial charge in [-0.3, -0.25) is 4.79 Å². The van der Waals surface area contributed by atoms with Gasteiger partial charge in [-0.05, 0) is 36.4 Å². The third-order valence-electron chi connectivity index (χ3n) is 4.43. The maximum absolute atomic E-state index is 12.8. The highest BCUT2D eigenvalue weighted by Crippen LogP contribution is 2.29. The Hall–Kier alpha value is -2.92. The van der Waals surface area contributed by atoms with Gasteiger partial charge < -0.3 is 8.98 Å². The van der Waals surface area contributed by atoms with Crippen LogP contribution in [0.25, 0.3) is 22.5 Å². The Morgan fingerprint density at radius 1 is 1.11 bits per heavy atom. The lowest BCUT2D eigenvalue weighted by Crippen LogP contribution is -2.11. The van der Waals surface area contributed by atoms with Crippen LogP contribution < -0.4 is 0 Å². The summed E-state index contributed by atoms with van der Waals surface area (Å²) in [4.78, 5) is 12.8. The Balaban J connectivity index is 1.78. The molecule has 0 spiro atoms. The largest absolute Gasteiger partial charge is 0.419 e. The first-order chi connectivity index (χ1) is 13.0. The van der Waals surface area contributed by atoms with E-state index in [9.17, 15) is 4.79 Å². The van der Waals surface area contributed by atoms with Crippen molar-refractivity contribution in [3.05, 3.63) is 71.1 Å². The molecule has 136 valence electrons. The molecule has 0 unspecified atom stereocenters. The van der Waals surface area contributed by atoms with E-state index in [1.807, 2.05) is 48.7 Å². The summed E-state index contributed by atoms with van der Waals surface area (Å²) in [5.74, 6) is 1.11. The smallest absolute Gasteiger partial charge is 0.264 e. The minimum Gasteiger partial charge on any atom is -0.419 e. The number of carbonyl (C=O) groups is 1. The maximum Gasteiger partial charge on any atom is 0.264 e. The summed E-state index contributed by atoms with van der Waals surface area (Å²) in [6, 6.07) is 16.8. The second-order valence-corrected chi connectivity index (χ2v) is 7.14. The second-order valence-electron chi connectivity index (χ2n) is 6.70. The van der Waals surface area contributed by atoms with E-state index in [0.29, 0.717) is 22.4 Å². The number of hydrogen-bond donors (Lipinski definition) is 0. The molecule has 2 heterocycles. The third-order valence-corrected chi connectivity index (χ3v) is 4.68. The van der Waals surface area contributed by atoms with Crippen LogP contribution >= 0.6 is 11.6 Å². The fraction of sp³-hybridized carbons (Fsp3) is 0.190. The molecule has 0 amide bonds. The van der Waals surface area contributed by atoms with Gasteiger partial charge in [-0.1, -0.05) is 43.6 Å². The molecule has 2 aromatic carbocycles. The molecular weight excluding hydrogens is 362 g/mol. The van der Waals surface area contributed by atoms with E-state index >= 15 is 0 Å². The fourth-order valence-corrected chi connectivity index (χ4v) is 3.13. The Morgan fingerprint density at radius 3 is 2.56 bits per heavy atom. The van der Waals surface area contributed by atoms with Crippen LogP contribution in [0.4, 0.5) is 0 Å². The third kappa shape index (κ3) is 3.38. The normalized spacial score (nSPS) is 11.4. The molecule has 0 atom stereocenters. The summed E-state index contributed by atoms with van der Waals surface area (Å²) in [5.41, 5.74) is 2.29. The molecule has 0 saturated carbocycles. The van der Waals surface area contributed by atoms with Gasteiger partial charge in [0, 0.05) is 27.4 Å². The van der Waals surface area contributed by atoms with Crippen molar-refractivity contribution in [3.63, 3.8) is 0 Å². The average molecular weight is 380 g/mol. The van der Waals surface area contributed by atoms with E-state index in [1.165, 1.54) is 0 Å². The second kappa shape index (κ2) is 7.00. The zero-order valence-electron chi connectivity index (χ0n) is 15.0. The highest BCUT2D eigenvalue weighted by atomic mass is 35.5. The summed E-state index contributed by atoms with van der Waals surface area (Å²) < 4.78 is 7.75. The van der Waals surface area contributed by atoms with Crippen LogP contribution in [0.5, 0.6) is 0 Å². The van der Waals surface area contributed by atoms with E-state index in [-0.39, 0.29) is 18.2 Å². The van der Waals surface area contributed by atoms with Crippen molar-refractivity contribution in [3.8, 4) is 11.6 Å². The minimum atomic E-state index is -0.0159. The van der Waals surface area contributed by atoms with Crippen LogP contribution in [0.2, 0.25) is 5.02 Å². The van der Waals surface area contributed by atoms with Crippen molar-refractivity contribution in [2.75, 3.05) is 0 Å². The number of fused-ring (bicyclic) bond motifs is 1. The Morgan fingerprint density at radius 2 is 1.85 bits per heavy atom. The maximum atomic E-state index is 12.8. The lowest BCUT2D eigenvalue weighted by Gasteiger charge is -2.08. The Kier molecular flexibility index (Phi) is 4.54. The molecule has 0 radical (unpaired) electrons. The van der Waals surface area contributed by atoms with E-state index in [4.69, 9.17) is 16.0 Å². The zero-order chi connectivity index (χ0) is 19.0. The van der Waals surface area contributed by atoms with Crippen LogP contribution in [0, 0.1) is 0 Å². The number of Topliss-reactive ketones (excluding diaryl/α,β-unsaturated/α-hetero) is 1. The summed E-state index contributed by atoms with van der Waals surface area (Å²) in [6.45, 7) is 4.16. The van der Waals surface area contributed by atoms with Crippen LogP contribution in [0.1, 0.15) is 36.0 Å². The summed E-state index contributed by atoms with van der Waals surface area (Å²) in [7, 11) is 0. The van der Waals surface area contributed by atoms with E-state index < -0.39 is 0 Å². The number of nitrogens with zero attached hydrogens (tertiary/aromatic N) is 3. The van der Waals surface area contributed by atoms with Crippen molar-refractivity contribution >= 4 is 28.3 Å². The van der Waals surface area contributed by atoms with E-state index in [0.717, 1.165) is 16.6 Å². The number of para-hydroxylation sites is 1. The number of ketones is 1. The summed E-state index contributed by atoms with van der Waals surface area (Å²) in [6.07, 6.45) is 0. The Bertz CT molecular complexity index is 1110. The molecule has 0 saturated heterocycles. The number of carbonyl (C=O) groups excluding carboxylic acids is 1. The molecule has 4 rings (SSSR count). The molecule has 0 aliphatic carbocycles. The van der Waals surface area contributed by atoms with Crippen molar-refractivity contribution in [1.29, 1.82) is 0 Å². The first-order valence-electron chi connectivity index (χ1n) is 8.74. The molecule has 0 aliphatic rings. The predicted molar refractivity (Wildman–Crippen MR) is 105 cm³/mol. The summed E-state index contributed by atoms with van der Waals surface area (Å²) >= 11 is 5.93. The lowest BCUT2D eigenvalue weighted by molar-refractivity contribution is 0.0974. The molecule has 2 aromatic heterocycles. The summed E-state index contributed by atoms with van der Waals surface area (Å²) in [5, 5.41) is 9.93. The standard InChI is InChI=1S/C21H18ClN3O2/c1-13(2)20-23-24-21(27-20)18-11-15-5-3-4-6-17(15)25(18)12-19(26)14-7-9-16(22)10-8-14/h3-11,13H,12H2,1-2H3.